The third-order valence-electron chi connectivity index (χ3n) is 5.35. The van der Waals surface area contributed by atoms with Crippen molar-refractivity contribution >= 4 is 38.9 Å². The largest absolute Gasteiger partial charge is 0.305 e. The molecule has 0 aliphatic carbocycles. The summed E-state index contributed by atoms with van der Waals surface area (Å²) in [4.78, 5) is 15.2. The summed E-state index contributed by atoms with van der Waals surface area (Å²) < 4.78 is 27.1. The molecule has 1 aliphatic rings. The van der Waals surface area contributed by atoms with Gasteiger partial charge >= 0.3 is 0 Å². The first-order valence-corrected chi connectivity index (χ1v) is 11.4. The van der Waals surface area contributed by atoms with Crippen LogP contribution < -0.4 is 9.21 Å². The number of fused-ring (bicyclic) bond motifs is 1. The molecule has 0 spiro atoms. The highest BCUT2D eigenvalue weighted by molar-refractivity contribution is 7.92. The minimum atomic E-state index is -3.78. The quantitative estimate of drug-likeness (QED) is 0.587. The van der Waals surface area contributed by atoms with E-state index in [1.807, 2.05) is 31.2 Å². The highest BCUT2D eigenvalue weighted by Gasteiger charge is 2.31. The second-order valence-electron chi connectivity index (χ2n) is 7.33. The second kappa shape index (κ2) is 7.78. The van der Waals surface area contributed by atoms with Crippen LogP contribution in [0, 0.1) is 0 Å². The number of carbonyl (C=O) groups is 1. The Hall–Kier alpha value is -2.83. The fraction of sp³-hybridized carbons (Fsp3) is 0.174. The molecule has 3 aromatic carbocycles. The SMILES string of the molecule is C[C@@H]1Cc2ccccc2N1C(=O)c1cccc(N(C)S(=O)(=O)c2ccc(Cl)cc2)c1. The standard InChI is InChI=1S/C23H21ClN2O3S/c1-16-14-17-6-3-4-9-22(17)26(16)23(27)18-7-5-8-20(15-18)25(2)30(28,29)21-12-10-19(24)11-13-21/h3-13,15-16H,14H2,1-2H3/t16-/m1/s1. The number of amides is 1. The Bertz CT molecular complexity index is 1210. The Labute approximate surface area is 181 Å². The lowest BCUT2D eigenvalue weighted by Gasteiger charge is -2.24. The smallest absolute Gasteiger partial charge is 0.264 e. The van der Waals surface area contributed by atoms with Crippen molar-refractivity contribution in [1.82, 2.24) is 0 Å². The van der Waals surface area contributed by atoms with Gasteiger partial charge in [-0.25, -0.2) is 8.42 Å². The number of carbonyl (C=O) groups excluding carboxylic acids is 1. The molecule has 0 aromatic heterocycles. The number of hydrogen-bond donors (Lipinski definition) is 0. The van der Waals surface area contributed by atoms with Crippen molar-refractivity contribution in [2.24, 2.45) is 0 Å². The molecule has 7 heteroatoms. The van der Waals surface area contributed by atoms with Crippen molar-refractivity contribution < 1.29 is 13.2 Å². The molecule has 1 atom stereocenters. The Morgan fingerprint density at radius 2 is 1.73 bits per heavy atom. The normalized spacial score (nSPS) is 15.7. The van der Waals surface area contributed by atoms with Crippen molar-refractivity contribution in [2.75, 3.05) is 16.3 Å². The van der Waals surface area contributed by atoms with Crippen molar-refractivity contribution in [3.8, 4) is 0 Å². The molecule has 0 bridgehead atoms. The van der Waals surface area contributed by atoms with Crippen LogP contribution in [-0.2, 0) is 16.4 Å². The maximum absolute atomic E-state index is 13.3. The summed E-state index contributed by atoms with van der Waals surface area (Å²) in [6.45, 7) is 2.01. The molecule has 30 heavy (non-hydrogen) atoms. The minimum Gasteiger partial charge on any atom is -0.305 e. The zero-order chi connectivity index (χ0) is 21.5. The predicted octanol–water partition coefficient (Wildman–Crippen LogP) is 4.76. The fourth-order valence-corrected chi connectivity index (χ4v) is 5.07. The molecule has 1 amide bonds. The maximum Gasteiger partial charge on any atom is 0.264 e. The van der Waals surface area contributed by atoms with E-state index in [2.05, 4.69) is 0 Å². The molecule has 0 saturated carbocycles. The Morgan fingerprint density at radius 3 is 2.47 bits per heavy atom. The van der Waals surface area contributed by atoms with Gasteiger partial charge in [0.05, 0.1) is 10.6 Å². The van der Waals surface area contributed by atoms with Gasteiger partial charge in [0.1, 0.15) is 0 Å². The van der Waals surface area contributed by atoms with Gasteiger partial charge in [0.2, 0.25) is 0 Å². The van der Waals surface area contributed by atoms with Crippen LogP contribution in [0.3, 0.4) is 0 Å². The number of halogens is 1. The molecular formula is C23H21ClN2O3S. The zero-order valence-electron chi connectivity index (χ0n) is 16.6. The lowest BCUT2D eigenvalue weighted by Crippen LogP contribution is -2.36. The molecule has 154 valence electrons. The van der Waals surface area contributed by atoms with Crippen LogP contribution in [-0.4, -0.2) is 27.4 Å². The van der Waals surface area contributed by atoms with Crippen LogP contribution in [0.25, 0.3) is 0 Å². The van der Waals surface area contributed by atoms with Crippen LogP contribution in [0.2, 0.25) is 5.02 Å². The van der Waals surface area contributed by atoms with Crippen LogP contribution in [0.15, 0.2) is 77.7 Å². The second-order valence-corrected chi connectivity index (χ2v) is 9.74. The van der Waals surface area contributed by atoms with Gasteiger partial charge in [-0.1, -0.05) is 35.9 Å². The van der Waals surface area contributed by atoms with Gasteiger partial charge in [-0.15, -0.1) is 0 Å². The molecule has 0 N–H and O–H groups in total. The highest BCUT2D eigenvalue weighted by Crippen LogP contribution is 2.33. The van der Waals surface area contributed by atoms with E-state index in [1.54, 1.807) is 29.2 Å². The molecule has 5 nitrogen and oxygen atoms in total. The summed E-state index contributed by atoms with van der Waals surface area (Å²) in [6.07, 6.45) is 0.798. The number of sulfonamides is 1. The number of hydrogen-bond acceptors (Lipinski definition) is 3. The van der Waals surface area contributed by atoms with E-state index in [0.29, 0.717) is 16.3 Å². The summed E-state index contributed by atoms with van der Waals surface area (Å²) in [6, 6.07) is 20.6. The first kappa shape index (κ1) is 20.4. The van der Waals surface area contributed by atoms with Crippen molar-refractivity contribution in [3.63, 3.8) is 0 Å². The number of nitrogens with zero attached hydrogens (tertiary/aromatic N) is 2. The van der Waals surface area contributed by atoms with E-state index < -0.39 is 10.0 Å². The number of anilines is 2. The summed E-state index contributed by atoms with van der Waals surface area (Å²) >= 11 is 5.87. The lowest BCUT2D eigenvalue weighted by atomic mass is 10.1. The Balaban J connectivity index is 1.66. The summed E-state index contributed by atoms with van der Waals surface area (Å²) in [7, 11) is -2.31. The number of para-hydroxylation sites is 1. The van der Waals surface area contributed by atoms with Gasteiger partial charge in [0, 0.05) is 29.4 Å². The van der Waals surface area contributed by atoms with Crippen LogP contribution in [0.5, 0.6) is 0 Å². The van der Waals surface area contributed by atoms with E-state index >= 15 is 0 Å². The van der Waals surface area contributed by atoms with Gasteiger partial charge < -0.3 is 4.90 Å². The van der Waals surface area contributed by atoms with E-state index in [9.17, 15) is 13.2 Å². The molecule has 0 saturated heterocycles. The van der Waals surface area contributed by atoms with Crippen molar-refractivity contribution in [2.45, 2.75) is 24.3 Å². The minimum absolute atomic E-state index is 0.0362. The van der Waals surface area contributed by atoms with Gasteiger partial charge in [0.25, 0.3) is 15.9 Å². The van der Waals surface area contributed by atoms with Gasteiger partial charge in [0.15, 0.2) is 0 Å². The predicted molar refractivity (Wildman–Crippen MR) is 120 cm³/mol. The van der Waals surface area contributed by atoms with Crippen molar-refractivity contribution in [3.05, 3.63) is 88.9 Å². The number of rotatable bonds is 4. The monoisotopic (exact) mass is 440 g/mol. The van der Waals surface area contributed by atoms with Gasteiger partial charge in [-0.05, 0) is 67.4 Å². The van der Waals surface area contributed by atoms with E-state index in [1.165, 1.54) is 35.6 Å². The van der Waals surface area contributed by atoms with Gasteiger partial charge in [-0.3, -0.25) is 9.10 Å². The Kier molecular flexibility index (Phi) is 5.30. The lowest BCUT2D eigenvalue weighted by molar-refractivity contribution is 0.0981. The molecule has 0 unspecified atom stereocenters. The average Bonchev–Trinajstić information content (AvgIpc) is 3.08. The maximum atomic E-state index is 13.3. The van der Waals surface area contributed by atoms with Crippen molar-refractivity contribution in [1.29, 1.82) is 0 Å². The van der Waals surface area contributed by atoms with Crippen LogP contribution in [0.4, 0.5) is 11.4 Å². The zero-order valence-corrected chi connectivity index (χ0v) is 18.2. The third kappa shape index (κ3) is 3.57. The molecule has 1 aliphatic heterocycles. The summed E-state index contributed by atoms with van der Waals surface area (Å²) in [5, 5.41) is 0.462. The molecule has 3 aromatic rings. The number of benzene rings is 3. The molecule has 0 fully saturated rings. The Morgan fingerprint density at radius 1 is 1.03 bits per heavy atom. The molecule has 0 radical (unpaired) electrons. The first-order chi connectivity index (χ1) is 14.3. The van der Waals surface area contributed by atoms with Crippen LogP contribution in [0.1, 0.15) is 22.8 Å². The average molecular weight is 441 g/mol. The molecule has 4 rings (SSSR count). The summed E-state index contributed by atoms with van der Waals surface area (Å²) in [5.41, 5.74) is 2.89. The molecule has 1 heterocycles. The third-order valence-corrected chi connectivity index (χ3v) is 7.41. The van der Waals surface area contributed by atoms with Crippen LogP contribution >= 0.6 is 11.6 Å². The first-order valence-electron chi connectivity index (χ1n) is 9.55. The van der Waals surface area contributed by atoms with E-state index in [-0.39, 0.29) is 16.8 Å². The van der Waals surface area contributed by atoms with E-state index in [0.717, 1.165) is 17.7 Å². The van der Waals surface area contributed by atoms with Gasteiger partial charge in [-0.2, -0.15) is 0 Å². The molecular weight excluding hydrogens is 420 g/mol. The summed E-state index contributed by atoms with van der Waals surface area (Å²) in [5.74, 6) is -0.147. The topological polar surface area (TPSA) is 57.7 Å². The van der Waals surface area contributed by atoms with E-state index in [4.69, 9.17) is 11.6 Å². The fourth-order valence-electron chi connectivity index (χ4n) is 3.75. The highest BCUT2D eigenvalue weighted by atomic mass is 35.5.